The molecule has 0 fully saturated rings. The van der Waals surface area contributed by atoms with E-state index in [0.29, 0.717) is 12.6 Å². The molecule has 0 aromatic heterocycles. The van der Waals surface area contributed by atoms with Crippen LogP contribution in [0.3, 0.4) is 0 Å². The minimum Gasteiger partial charge on any atom is -0.289 e. The molecule has 0 heterocycles. The molecule has 0 saturated carbocycles. The summed E-state index contributed by atoms with van der Waals surface area (Å²) in [5, 5.41) is 0. The standard InChI is InChI=1S/C2H2O2/c3-1-2-4/h1-2H/p+1. The highest BCUT2D eigenvalue weighted by Gasteiger charge is 1.56. The van der Waals surface area contributed by atoms with Gasteiger partial charge in [-0.25, -0.2) is 0 Å². The van der Waals surface area contributed by atoms with Gasteiger partial charge in [-0.05, 0) is 0 Å². The van der Waals surface area contributed by atoms with Crippen LogP contribution in [-0.4, -0.2) is 17.4 Å². The van der Waals surface area contributed by atoms with Gasteiger partial charge in [0.1, 0.15) is 0 Å². The highest BCUT2D eigenvalue weighted by molar-refractivity contribution is 6.10. The van der Waals surface area contributed by atoms with Gasteiger partial charge in [-0.15, -0.1) is 0 Å². The van der Waals surface area contributed by atoms with Crippen LogP contribution in [0.15, 0.2) is 0 Å². The van der Waals surface area contributed by atoms with E-state index in [2.05, 4.69) is 0 Å². The van der Waals surface area contributed by atoms with E-state index in [1.54, 1.807) is 0 Å². The molecule has 0 aliphatic carbocycles. The van der Waals surface area contributed by atoms with E-state index in [0.717, 1.165) is 0 Å². The van der Waals surface area contributed by atoms with Crippen LogP contribution in [-0.2, 0) is 4.79 Å². The summed E-state index contributed by atoms with van der Waals surface area (Å²) in [7, 11) is 0. The van der Waals surface area contributed by atoms with Gasteiger partial charge in [0.15, 0.2) is 0 Å². The molecule has 2 heteroatoms. The molecule has 2 nitrogen and oxygen atoms in total. The van der Waals surface area contributed by atoms with Gasteiger partial charge in [0.2, 0.25) is 6.29 Å². The molecule has 0 aliphatic rings. The van der Waals surface area contributed by atoms with E-state index in [1.807, 2.05) is 0 Å². The Hall–Kier alpha value is -0.660. The second-order valence-corrected chi connectivity index (χ2v) is 0.285. The van der Waals surface area contributed by atoms with Crippen molar-refractivity contribution in [2.24, 2.45) is 0 Å². The number of hydrogen-bond donors (Lipinski definition) is 0. The molecule has 0 rings (SSSR count). The molecule has 0 unspecified atom stereocenters. The van der Waals surface area contributed by atoms with Crippen molar-refractivity contribution in [3.05, 3.63) is 0 Å². The average molecular weight is 59.0 g/mol. The van der Waals surface area contributed by atoms with E-state index in [1.165, 1.54) is 0 Å². The maximum absolute atomic E-state index is 8.87. The largest absolute Gasteiger partial charge is 0.344 e. The molecule has 0 radical (unpaired) electrons. The molecule has 0 atom stereocenters. The van der Waals surface area contributed by atoms with Crippen molar-refractivity contribution >= 4 is 12.6 Å². The quantitative estimate of drug-likeness (QED) is 0.225. The smallest absolute Gasteiger partial charge is 0.289 e. The summed E-state index contributed by atoms with van der Waals surface area (Å²) in [5.41, 5.74) is 0. The van der Waals surface area contributed by atoms with E-state index in [4.69, 9.17) is 9.59 Å². The Morgan fingerprint density at radius 1 is 1.75 bits per heavy atom. The zero-order valence-corrected chi connectivity index (χ0v) is 2.01. The Morgan fingerprint density at radius 2 is 2.00 bits per heavy atom. The number of carbonyl (C=O) groups is 1. The summed E-state index contributed by atoms with van der Waals surface area (Å²) in [6.45, 7) is 0. The van der Waals surface area contributed by atoms with Crippen LogP contribution < -0.4 is 0 Å². The van der Waals surface area contributed by atoms with Crippen LogP contribution >= 0.6 is 0 Å². The van der Waals surface area contributed by atoms with Crippen molar-refractivity contribution in [3.63, 3.8) is 0 Å². The van der Waals surface area contributed by atoms with Gasteiger partial charge in [-0.2, -0.15) is 0 Å². The summed E-state index contributed by atoms with van der Waals surface area (Å²) in [6, 6.07) is 0. The van der Waals surface area contributed by atoms with Crippen molar-refractivity contribution in [1.82, 2.24) is 0 Å². The van der Waals surface area contributed by atoms with Gasteiger partial charge in [0.05, 0.1) is 0 Å². The lowest BCUT2D eigenvalue weighted by atomic mass is 10.9. The second kappa shape index (κ2) is 2.34. The highest BCUT2D eigenvalue weighted by Crippen LogP contribution is 1.10. The second-order valence-electron chi connectivity index (χ2n) is 0.285. The van der Waals surface area contributed by atoms with Crippen LogP contribution in [0.5, 0.6) is 0 Å². The van der Waals surface area contributed by atoms with E-state index in [-0.39, 0.29) is 0 Å². The third-order valence-corrected chi connectivity index (χ3v) is 0.0609. The van der Waals surface area contributed by atoms with Gasteiger partial charge in [0, 0.05) is 0 Å². The zero-order valence-electron chi connectivity index (χ0n) is 2.01. The third-order valence-electron chi connectivity index (χ3n) is 0.0609. The summed E-state index contributed by atoms with van der Waals surface area (Å²) in [4.78, 5) is 16.2. The van der Waals surface area contributed by atoms with Gasteiger partial charge in [-0.1, -0.05) is 0 Å². The van der Waals surface area contributed by atoms with Crippen LogP contribution in [0.2, 0.25) is 0 Å². The predicted octanol–water partition coefficient (Wildman–Crippen LogP) is -0.640. The van der Waals surface area contributed by atoms with Gasteiger partial charge >= 0.3 is 6.29 Å². The Balaban J connectivity index is 2.73. The molecule has 4 heavy (non-hydrogen) atoms. The lowest BCUT2D eigenvalue weighted by molar-refractivity contribution is -0.102. The fourth-order valence-corrected chi connectivity index (χ4v) is 0. The van der Waals surface area contributed by atoms with Crippen molar-refractivity contribution in [3.8, 4) is 0 Å². The lowest BCUT2D eigenvalue weighted by Crippen LogP contribution is -1.63. The normalized spacial score (nSPS) is 5.00. The summed E-state index contributed by atoms with van der Waals surface area (Å²) < 4.78 is 0. The molecule has 0 spiro atoms. The lowest BCUT2D eigenvalue weighted by Gasteiger charge is -1.24. The number of aldehydes is 2. The van der Waals surface area contributed by atoms with Gasteiger partial charge in [0.25, 0.3) is 0 Å². The monoisotopic (exact) mass is 59.0 g/mol. The molecule has 0 aliphatic heterocycles. The number of carbonyl (C=O) groups excluding carboxylic acids is 2. The third kappa shape index (κ3) is 1.34. The Bertz CT molecular complexity index is 25.0. The first-order valence-electron chi connectivity index (χ1n) is 0.827. The molecule has 0 bridgehead atoms. The van der Waals surface area contributed by atoms with E-state index < -0.39 is 0 Å². The van der Waals surface area contributed by atoms with Gasteiger partial charge in [-0.3, -0.25) is 9.59 Å². The minimum atomic E-state index is 0.306. The molecular weight excluding hydrogens is 56.0 g/mol. The van der Waals surface area contributed by atoms with Crippen molar-refractivity contribution in [1.29, 1.82) is 0 Å². The molecule has 0 saturated heterocycles. The van der Waals surface area contributed by atoms with Crippen molar-refractivity contribution in [2.75, 3.05) is 0 Å². The maximum atomic E-state index is 8.87. The van der Waals surface area contributed by atoms with Crippen LogP contribution in [0.1, 0.15) is 0 Å². The Labute approximate surface area is 23.4 Å². The molecule has 0 amide bonds. The molecular formula is C2H3O2+. The zero-order chi connectivity index (χ0) is 3.41. The maximum Gasteiger partial charge on any atom is 0.344 e. The molecule has 0 aromatic carbocycles. The SMILES string of the molecule is O=CC=[OH+]. The fraction of sp³-hybridized carbons (Fsp3) is 0. The first kappa shape index (κ1) is 3.34. The van der Waals surface area contributed by atoms with Crippen molar-refractivity contribution in [2.45, 2.75) is 0 Å². The summed E-state index contributed by atoms with van der Waals surface area (Å²) >= 11 is 0. The van der Waals surface area contributed by atoms with E-state index >= 15 is 0 Å². The fourth-order valence-electron chi connectivity index (χ4n) is 0. The summed E-state index contributed by atoms with van der Waals surface area (Å²) in [5.74, 6) is 0. The number of hydrogen-bond acceptors (Lipinski definition) is 1. The Morgan fingerprint density at radius 3 is 2.00 bits per heavy atom. The minimum absolute atomic E-state index is 0.306. The number of rotatable bonds is 1. The summed E-state index contributed by atoms with van der Waals surface area (Å²) in [6.07, 6.45) is 0.750. The molecule has 1 N–H and O–H groups in total. The van der Waals surface area contributed by atoms with Gasteiger partial charge < -0.3 is 0 Å². The molecule has 0 aromatic rings. The van der Waals surface area contributed by atoms with E-state index in [9.17, 15) is 0 Å². The predicted molar refractivity (Wildman–Crippen MR) is 14.1 cm³/mol. The van der Waals surface area contributed by atoms with Crippen LogP contribution in [0.25, 0.3) is 0 Å². The average Bonchev–Trinajstić information content (AvgIpc) is 1.37. The topological polar surface area (TPSA) is 38.5 Å². The first-order valence-corrected chi connectivity index (χ1v) is 0.827. The van der Waals surface area contributed by atoms with Crippen LogP contribution in [0.4, 0.5) is 0 Å². The Kier molecular flexibility index (Phi) is 1.95. The highest BCUT2D eigenvalue weighted by atomic mass is 16.2. The van der Waals surface area contributed by atoms with Crippen molar-refractivity contribution < 1.29 is 9.59 Å². The van der Waals surface area contributed by atoms with Crippen LogP contribution in [0, 0.1) is 0 Å². The molecule has 22 valence electrons. The first-order chi connectivity index (χ1) is 1.91.